The number of hydrogen-bond acceptors (Lipinski definition) is 4. The van der Waals surface area contributed by atoms with E-state index in [1.165, 1.54) is 23.3 Å². The van der Waals surface area contributed by atoms with E-state index in [0.29, 0.717) is 0 Å². The molecule has 5 nitrogen and oxygen atoms in total. The maximum absolute atomic E-state index is 10.9. The summed E-state index contributed by atoms with van der Waals surface area (Å²) >= 11 is 0. The van der Waals surface area contributed by atoms with Gasteiger partial charge in [-0.3, -0.25) is 15.1 Å². The standard InChI is InChI=1S/C22H19N3O2/c1-16-7-9-17(10-8-16)21-15-22(18-5-3-2-4-6-18)24(23-21)19-11-13-20(14-12-19)25(26)27/h2-14,22H,15H2,1H3/t22-/m0/s1. The Morgan fingerprint density at radius 1 is 0.963 bits per heavy atom. The summed E-state index contributed by atoms with van der Waals surface area (Å²) in [6, 6.07) is 25.2. The van der Waals surface area contributed by atoms with Gasteiger partial charge >= 0.3 is 0 Å². The fourth-order valence-corrected chi connectivity index (χ4v) is 3.33. The molecule has 3 aromatic carbocycles. The van der Waals surface area contributed by atoms with Crippen LogP contribution < -0.4 is 5.01 Å². The lowest BCUT2D eigenvalue weighted by atomic mass is 9.98. The van der Waals surface area contributed by atoms with Crippen LogP contribution in [-0.4, -0.2) is 10.6 Å². The molecule has 27 heavy (non-hydrogen) atoms. The summed E-state index contributed by atoms with van der Waals surface area (Å²) in [5.41, 5.74) is 5.42. The zero-order valence-electron chi connectivity index (χ0n) is 14.9. The molecule has 0 aromatic heterocycles. The largest absolute Gasteiger partial charge is 0.269 e. The molecule has 0 N–H and O–H groups in total. The Labute approximate surface area is 157 Å². The first-order chi connectivity index (χ1) is 13.1. The Hall–Kier alpha value is -3.47. The molecule has 0 fully saturated rings. The zero-order valence-corrected chi connectivity index (χ0v) is 14.9. The summed E-state index contributed by atoms with van der Waals surface area (Å²) in [6.45, 7) is 2.07. The van der Waals surface area contributed by atoms with E-state index < -0.39 is 0 Å². The summed E-state index contributed by atoms with van der Waals surface area (Å²) in [7, 11) is 0. The Bertz CT molecular complexity index is 980. The molecule has 1 heterocycles. The highest BCUT2D eigenvalue weighted by atomic mass is 16.6. The van der Waals surface area contributed by atoms with Gasteiger partial charge in [-0.25, -0.2) is 0 Å². The van der Waals surface area contributed by atoms with E-state index in [1.807, 2.05) is 23.2 Å². The van der Waals surface area contributed by atoms with Gasteiger partial charge in [-0.1, -0.05) is 60.2 Å². The van der Waals surface area contributed by atoms with E-state index >= 15 is 0 Å². The van der Waals surface area contributed by atoms with Gasteiger partial charge < -0.3 is 0 Å². The van der Waals surface area contributed by atoms with Crippen molar-refractivity contribution in [2.45, 2.75) is 19.4 Å². The second-order valence-electron chi connectivity index (χ2n) is 6.66. The van der Waals surface area contributed by atoms with Crippen LogP contribution in [0.25, 0.3) is 0 Å². The molecule has 0 amide bonds. The van der Waals surface area contributed by atoms with Gasteiger partial charge in [0.25, 0.3) is 5.69 Å². The number of non-ortho nitro benzene ring substituents is 1. The number of nitro groups is 1. The van der Waals surface area contributed by atoms with Crippen LogP contribution in [0.2, 0.25) is 0 Å². The minimum Gasteiger partial charge on any atom is -0.258 e. The number of nitro benzene ring substituents is 1. The minimum atomic E-state index is -0.385. The van der Waals surface area contributed by atoms with Crippen LogP contribution in [0.4, 0.5) is 11.4 Å². The SMILES string of the molecule is Cc1ccc(C2=NN(c3ccc([N+](=O)[O-])cc3)[C@H](c3ccccc3)C2)cc1. The van der Waals surface area contributed by atoms with Crippen molar-refractivity contribution in [1.29, 1.82) is 0 Å². The normalized spacial score (nSPS) is 16.3. The lowest BCUT2D eigenvalue weighted by molar-refractivity contribution is -0.384. The van der Waals surface area contributed by atoms with Gasteiger partial charge in [0.2, 0.25) is 0 Å². The predicted molar refractivity (Wildman–Crippen MR) is 107 cm³/mol. The van der Waals surface area contributed by atoms with Gasteiger partial charge in [0.05, 0.1) is 22.4 Å². The molecule has 1 aliphatic rings. The molecule has 0 aliphatic carbocycles. The highest BCUT2D eigenvalue weighted by molar-refractivity contribution is 6.03. The van der Waals surface area contributed by atoms with E-state index in [9.17, 15) is 10.1 Å². The average molecular weight is 357 g/mol. The van der Waals surface area contributed by atoms with Crippen molar-refractivity contribution in [3.63, 3.8) is 0 Å². The fourth-order valence-electron chi connectivity index (χ4n) is 3.33. The number of hydrogen-bond donors (Lipinski definition) is 0. The van der Waals surface area contributed by atoms with E-state index in [2.05, 4.69) is 43.3 Å². The maximum Gasteiger partial charge on any atom is 0.269 e. The van der Waals surface area contributed by atoms with Crippen LogP contribution in [0, 0.1) is 17.0 Å². The number of benzene rings is 3. The lowest BCUT2D eigenvalue weighted by Crippen LogP contribution is -2.18. The number of nitrogens with zero attached hydrogens (tertiary/aromatic N) is 3. The third-order valence-electron chi connectivity index (χ3n) is 4.80. The first-order valence-electron chi connectivity index (χ1n) is 8.85. The summed E-state index contributed by atoms with van der Waals surface area (Å²) in [4.78, 5) is 10.6. The van der Waals surface area contributed by atoms with Gasteiger partial charge in [-0.15, -0.1) is 0 Å². The van der Waals surface area contributed by atoms with Crippen LogP contribution in [0.1, 0.15) is 29.2 Å². The molecule has 0 bridgehead atoms. The van der Waals surface area contributed by atoms with E-state index in [1.54, 1.807) is 12.1 Å². The molecule has 0 radical (unpaired) electrons. The third kappa shape index (κ3) is 3.44. The monoisotopic (exact) mass is 357 g/mol. The fraction of sp³-hybridized carbons (Fsp3) is 0.136. The number of hydrazone groups is 1. The minimum absolute atomic E-state index is 0.0592. The third-order valence-corrected chi connectivity index (χ3v) is 4.80. The van der Waals surface area contributed by atoms with Gasteiger partial charge in [0.1, 0.15) is 0 Å². The van der Waals surface area contributed by atoms with Crippen LogP contribution in [0.5, 0.6) is 0 Å². The lowest BCUT2D eigenvalue weighted by Gasteiger charge is -2.23. The van der Waals surface area contributed by atoms with Crippen LogP contribution in [0.3, 0.4) is 0 Å². The quantitative estimate of drug-likeness (QED) is 0.473. The molecule has 0 spiro atoms. The molecule has 4 rings (SSSR count). The van der Waals surface area contributed by atoms with Gasteiger partial charge in [-0.2, -0.15) is 5.10 Å². The van der Waals surface area contributed by atoms with Crippen molar-refractivity contribution in [2.24, 2.45) is 5.10 Å². The van der Waals surface area contributed by atoms with Crippen molar-refractivity contribution in [3.05, 3.63) is 106 Å². The second-order valence-corrected chi connectivity index (χ2v) is 6.66. The molecule has 0 saturated heterocycles. The highest BCUT2D eigenvalue weighted by Crippen LogP contribution is 2.37. The van der Waals surface area contributed by atoms with E-state index in [4.69, 9.17) is 5.10 Å². The molecule has 3 aromatic rings. The Kier molecular flexibility index (Phi) is 4.42. The molecule has 1 aliphatic heterocycles. The Morgan fingerprint density at radius 2 is 1.63 bits per heavy atom. The number of anilines is 1. The average Bonchev–Trinajstić information content (AvgIpc) is 3.15. The predicted octanol–water partition coefficient (Wildman–Crippen LogP) is 5.26. The molecule has 5 heteroatoms. The number of rotatable bonds is 4. The van der Waals surface area contributed by atoms with E-state index in [-0.39, 0.29) is 16.7 Å². The van der Waals surface area contributed by atoms with Gasteiger partial charge in [-0.05, 0) is 30.2 Å². The van der Waals surface area contributed by atoms with Crippen LogP contribution in [0.15, 0.2) is 84.0 Å². The van der Waals surface area contributed by atoms with Crippen molar-refractivity contribution in [1.82, 2.24) is 0 Å². The maximum atomic E-state index is 10.9. The molecular weight excluding hydrogens is 338 g/mol. The summed E-state index contributed by atoms with van der Waals surface area (Å²) in [5.74, 6) is 0. The molecule has 0 saturated carbocycles. The summed E-state index contributed by atoms with van der Waals surface area (Å²) in [5, 5.41) is 17.8. The topological polar surface area (TPSA) is 58.7 Å². The smallest absolute Gasteiger partial charge is 0.258 e. The zero-order chi connectivity index (χ0) is 18.8. The van der Waals surface area contributed by atoms with Crippen molar-refractivity contribution < 1.29 is 4.92 Å². The molecular formula is C22H19N3O2. The van der Waals surface area contributed by atoms with Crippen molar-refractivity contribution in [3.8, 4) is 0 Å². The molecule has 0 unspecified atom stereocenters. The molecule has 134 valence electrons. The molecule has 1 atom stereocenters. The first kappa shape index (κ1) is 17.0. The van der Waals surface area contributed by atoms with Gasteiger partial charge in [0, 0.05) is 18.6 Å². The van der Waals surface area contributed by atoms with E-state index in [0.717, 1.165) is 23.4 Å². The second kappa shape index (κ2) is 7.03. The van der Waals surface area contributed by atoms with Crippen LogP contribution in [-0.2, 0) is 0 Å². The summed E-state index contributed by atoms with van der Waals surface area (Å²) < 4.78 is 0. The summed E-state index contributed by atoms with van der Waals surface area (Å²) in [6.07, 6.45) is 0.782. The first-order valence-corrected chi connectivity index (χ1v) is 8.85. The van der Waals surface area contributed by atoms with Crippen molar-refractivity contribution >= 4 is 17.1 Å². The highest BCUT2D eigenvalue weighted by Gasteiger charge is 2.30. The Morgan fingerprint density at radius 3 is 2.26 bits per heavy atom. The van der Waals surface area contributed by atoms with Crippen LogP contribution >= 0.6 is 0 Å². The number of aryl methyl sites for hydroxylation is 1. The Balaban J connectivity index is 1.73. The van der Waals surface area contributed by atoms with Gasteiger partial charge in [0.15, 0.2) is 0 Å². The van der Waals surface area contributed by atoms with Crippen molar-refractivity contribution in [2.75, 3.05) is 5.01 Å².